The van der Waals surface area contributed by atoms with Gasteiger partial charge in [0.1, 0.15) is 0 Å². The topological polar surface area (TPSA) is 38.9 Å². The van der Waals surface area contributed by atoms with Gasteiger partial charge in [0, 0.05) is 16.5 Å². The number of pyridine rings is 1. The number of hydrogen-bond donors (Lipinski definition) is 1. The fourth-order valence-electron chi connectivity index (χ4n) is 1.92. The van der Waals surface area contributed by atoms with Crippen molar-refractivity contribution in [2.24, 2.45) is 5.73 Å². The third kappa shape index (κ3) is 1.95. The standard InChI is InChI=1S/C14H12N2S/c15-14(13-4-2-8-17-13)11-5-6-12-10(9-11)3-1-7-16-12/h1-9,14H,15H2. The quantitative estimate of drug-likeness (QED) is 0.746. The van der Waals surface area contributed by atoms with Crippen LogP contribution in [0.25, 0.3) is 10.9 Å². The van der Waals surface area contributed by atoms with E-state index in [2.05, 4.69) is 34.6 Å². The molecule has 2 nitrogen and oxygen atoms in total. The van der Waals surface area contributed by atoms with Crippen LogP contribution in [0, 0.1) is 0 Å². The van der Waals surface area contributed by atoms with E-state index in [4.69, 9.17) is 5.73 Å². The molecule has 0 bridgehead atoms. The second-order valence-corrected chi connectivity index (χ2v) is 4.93. The predicted molar refractivity (Wildman–Crippen MR) is 72.1 cm³/mol. The maximum atomic E-state index is 6.24. The van der Waals surface area contributed by atoms with Gasteiger partial charge in [0.05, 0.1) is 11.6 Å². The number of benzene rings is 1. The summed E-state index contributed by atoms with van der Waals surface area (Å²) in [6, 6.07) is 14.3. The van der Waals surface area contributed by atoms with Crippen LogP contribution >= 0.6 is 11.3 Å². The second kappa shape index (κ2) is 4.28. The van der Waals surface area contributed by atoms with Crippen LogP contribution in [0.2, 0.25) is 0 Å². The summed E-state index contributed by atoms with van der Waals surface area (Å²) in [6.45, 7) is 0. The van der Waals surface area contributed by atoms with E-state index < -0.39 is 0 Å². The number of rotatable bonds is 2. The lowest BCUT2D eigenvalue weighted by molar-refractivity contribution is 0.895. The third-order valence-corrected chi connectivity index (χ3v) is 3.79. The molecular weight excluding hydrogens is 228 g/mol. The zero-order valence-electron chi connectivity index (χ0n) is 9.21. The highest BCUT2D eigenvalue weighted by Gasteiger charge is 2.10. The number of fused-ring (bicyclic) bond motifs is 1. The lowest BCUT2D eigenvalue weighted by atomic mass is 10.0. The Bertz CT molecular complexity index is 632. The van der Waals surface area contributed by atoms with Crippen molar-refractivity contribution < 1.29 is 0 Å². The molecule has 0 aliphatic carbocycles. The molecule has 0 spiro atoms. The summed E-state index contributed by atoms with van der Waals surface area (Å²) >= 11 is 1.69. The molecule has 0 radical (unpaired) electrons. The summed E-state index contributed by atoms with van der Waals surface area (Å²) in [7, 11) is 0. The molecule has 3 rings (SSSR count). The van der Waals surface area contributed by atoms with Gasteiger partial charge in [-0.25, -0.2) is 0 Å². The number of nitrogens with two attached hydrogens (primary N) is 1. The molecule has 1 unspecified atom stereocenters. The Morgan fingerprint density at radius 2 is 2.06 bits per heavy atom. The highest BCUT2D eigenvalue weighted by Crippen LogP contribution is 2.25. The van der Waals surface area contributed by atoms with Crippen LogP contribution in [0.4, 0.5) is 0 Å². The molecule has 1 aromatic carbocycles. The Kier molecular flexibility index (Phi) is 2.63. The molecule has 0 saturated heterocycles. The van der Waals surface area contributed by atoms with Gasteiger partial charge in [-0.3, -0.25) is 4.98 Å². The van der Waals surface area contributed by atoms with Crippen molar-refractivity contribution in [1.29, 1.82) is 0 Å². The summed E-state index contributed by atoms with van der Waals surface area (Å²) in [4.78, 5) is 5.49. The van der Waals surface area contributed by atoms with Crippen LogP contribution in [0.3, 0.4) is 0 Å². The minimum atomic E-state index is -0.0420. The summed E-state index contributed by atoms with van der Waals surface area (Å²) in [5.74, 6) is 0. The van der Waals surface area contributed by atoms with Crippen molar-refractivity contribution in [3.63, 3.8) is 0 Å². The predicted octanol–water partition coefficient (Wildman–Crippen LogP) is 3.34. The Labute approximate surface area is 104 Å². The molecule has 17 heavy (non-hydrogen) atoms. The molecule has 3 heteroatoms. The largest absolute Gasteiger partial charge is 0.320 e. The molecule has 0 fully saturated rings. The molecule has 0 aliphatic heterocycles. The van der Waals surface area contributed by atoms with Crippen LogP contribution in [-0.2, 0) is 0 Å². The van der Waals surface area contributed by atoms with Crippen molar-refractivity contribution in [3.8, 4) is 0 Å². The Balaban J connectivity index is 2.06. The number of hydrogen-bond acceptors (Lipinski definition) is 3. The number of aromatic nitrogens is 1. The van der Waals surface area contributed by atoms with Gasteiger partial charge in [-0.2, -0.15) is 0 Å². The molecule has 84 valence electrons. The van der Waals surface area contributed by atoms with Gasteiger partial charge in [0.2, 0.25) is 0 Å². The van der Waals surface area contributed by atoms with Gasteiger partial charge in [-0.15, -0.1) is 11.3 Å². The van der Waals surface area contributed by atoms with E-state index in [9.17, 15) is 0 Å². The lowest BCUT2D eigenvalue weighted by Crippen LogP contribution is -2.09. The molecule has 0 amide bonds. The summed E-state index contributed by atoms with van der Waals surface area (Å²) in [6.07, 6.45) is 1.81. The molecule has 1 atom stereocenters. The second-order valence-electron chi connectivity index (χ2n) is 3.95. The highest BCUT2D eigenvalue weighted by atomic mass is 32.1. The zero-order chi connectivity index (χ0) is 11.7. The summed E-state index contributed by atoms with van der Waals surface area (Å²) < 4.78 is 0. The van der Waals surface area contributed by atoms with Crippen molar-refractivity contribution in [1.82, 2.24) is 4.98 Å². The minimum Gasteiger partial charge on any atom is -0.320 e. The monoisotopic (exact) mass is 240 g/mol. The first-order valence-electron chi connectivity index (χ1n) is 5.48. The Morgan fingerprint density at radius 3 is 2.88 bits per heavy atom. The van der Waals surface area contributed by atoms with Crippen molar-refractivity contribution in [3.05, 3.63) is 64.5 Å². The number of nitrogens with zero attached hydrogens (tertiary/aromatic N) is 1. The average Bonchev–Trinajstić information content (AvgIpc) is 2.91. The van der Waals surface area contributed by atoms with E-state index in [-0.39, 0.29) is 6.04 Å². The van der Waals surface area contributed by atoms with E-state index in [1.54, 1.807) is 17.5 Å². The molecule has 3 aromatic rings. The van der Waals surface area contributed by atoms with Crippen molar-refractivity contribution in [2.75, 3.05) is 0 Å². The first-order valence-corrected chi connectivity index (χ1v) is 6.36. The molecule has 0 aliphatic rings. The number of thiophene rings is 1. The highest BCUT2D eigenvalue weighted by molar-refractivity contribution is 7.10. The zero-order valence-corrected chi connectivity index (χ0v) is 10.0. The smallest absolute Gasteiger partial charge is 0.0702 e. The maximum Gasteiger partial charge on any atom is 0.0702 e. The van der Waals surface area contributed by atoms with Crippen molar-refractivity contribution in [2.45, 2.75) is 6.04 Å². The molecule has 2 aromatic heterocycles. The molecular formula is C14H12N2S. The average molecular weight is 240 g/mol. The van der Waals surface area contributed by atoms with Gasteiger partial charge in [-0.05, 0) is 35.2 Å². The Morgan fingerprint density at radius 1 is 1.12 bits per heavy atom. The molecule has 0 saturated carbocycles. The first-order chi connectivity index (χ1) is 8.34. The van der Waals surface area contributed by atoms with Gasteiger partial charge < -0.3 is 5.73 Å². The SMILES string of the molecule is NC(c1ccc2ncccc2c1)c1cccs1. The molecule has 2 heterocycles. The van der Waals surface area contributed by atoms with E-state index in [0.717, 1.165) is 16.5 Å². The fourth-order valence-corrected chi connectivity index (χ4v) is 2.67. The van der Waals surface area contributed by atoms with Gasteiger partial charge in [-0.1, -0.05) is 18.2 Å². The lowest BCUT2D eigenvalue weighted by Gasteiger charge is -2.10. The van der Waals surface area contributed by atoms with Crippen LogP contribution in [0.5, 0.6) is 0 Å². The van der Waals surface area contributed by atoms with Crippen LogP contribution in [-0.4, -0.2) is 4.98 Å². The maximum absolute atomic E-state index is 6.24. The van der Waals surface area contributed by atoms with E-state index in [1.807, 2.05) is 18.2 Å². The fraction of sp³-hybridized carbons (Fsp3) is 0.0714. The summed E-state index contributed by atoms with van der Waals surface area (Å²) in [5, 5.41) is 3.19. The van der Waals surface area contributed by atoms with E-state index in [1.165, 1.54) is 4.88 Å². The normalized spacial score (nSPS) is 12.8. The van der Waals surface area contributed by atoms with Crippen molar-refractivity contribution >= 4 is 22.2 Å². The van der Waals surface area contributed by atoms with E-state index >= 15 is 0 Å². The van der Waals surface area contributed by atoms with Crippen LogP contribution in [0.1, 0.15) is 16.5 Å². The first kappa shape index (κ1) is 10.4. The summed E-state index contributed by atoms with van der Waals surface area (Å²) in [5.41, 5.74) is 8.38. The Hall–Kier alpha value is -1.71. The minimum absolute atomic E-state index is 0.0420. The van der Waals surface area contributed by atoms with Crippen LogP contribution < -0.4 is 5.73 Å². The van der Waals surface area contributed by atoms with Gasteiger partial charge in [0.25, 0.3) is 0 Å². The van der Waals surface area contributed by atoms with Gasteiger partial charge >= 0.3 is 0 Å². The van der Waals surface area contributed by atoms with Gasteiger partial charge in [0.15, 0.2) is 0 Å². The third-order valence-electron chi connectivity index (χ3n) is 2.84. The van der Waals surface area contributed by atoms with E-state index in [0.29, 0.717) is 0 Å². The molecule has 2 N–H and O–H groups in total. The van der Waals surface area contributed by atoms with Crippen LogP contribution in [0.15, 0.2) is 54.0 Å².